The lowest BCUT2D eigenvalue weighted by Gasteiger charge is -2.31. The van der Waals surface area contributed by atoms with E-state index in [0.717, 1.165) is 11.5 Å². The maximum Gasteiger partial charge on any atom is 0.0544 e. The minimum atomic E-state index is 0.147. The molecule has 0 saturated heterocycles. The summed E-state index contributed by atoms with van der Waals surface area (Å²) in [6.07, 6.45) is 10.1. The van der Waals surface area contributed by atoms with Crippen molar-refractivity contribution in [1.29, 1.82) is 0 Å². The van der Waals surface area contributed by atoms with Crippen LogP contribution in [0.1, 0.15) is 50.6 Å². The highest BCUT2D eigenvalue weighted by Crippen LogP contribution is 2.36. The molecule has 1 fully saturated rings. The van der Waals surface area contributed by atoms with Gasteiger partial charge in [-0.3, -0.25) is 0 Å². The number of aromatic nitrogens is 2. The highest BCUT2D eigenvalue weighted by molar-refractivity contribution is 5.12. The third kappa shape index (κ3) is 2.59. The van der Waals surface area contributed by atoms with Crippen LogP contribution in [-0.4, -0.2) is 10.2 Å². The van der Waals surface area contributed by atoms with Crippen LogP contribution in [0.3, 0.4) is 0 Å². The zero-order chi connectivity index (χ0) is 11.4. The monoisotopic (exact) mass is 219 g/mol. The number of hydrogen-bond donors (Lipinski definition) is 1. The number of nitrogens with zero attached hydrogens (tertiary/aromatic N) is 2. The lowest BCUT2D eigenvalue weighted by atomic mass is 9.76. The summed E-state index contributed by atoms with van der Waals surface area (Å²) in [7, 11) is 0. The molecule has 1 aliphatic rings. The fraction of sp³-hybridized carbons (Fsp3) is 0.692. The summed E-state index contributed by atoms with van der Waals surface area (Å²) in [6.45, 7) is 2.29. The Kier molecular flexibility index (Phi) is 3.88. The van der Waals surface area contributed by atoms with Crippen LogP contribution in [-0.2, 0) is 0 Å². The second-order valence-corrected chi connectivity index (χ2v) is 4.89. The van der Waals surface area contributed by atoms with Gasteiger partial charge in [-0.05, 0) is 36.3 Å². The van der Waals surface area contributed by atoms with Crippen LogP contribution in [0, 0.1) is 11.8 Å². The van der Waals surface area contributed by atoms with E-state index >= 15 is 0 Å². The first-order valence-corrected chi connectivity index (χ1v) is 6.33. The van der Waals surface area contributed by atoms with E-state index in [0.29, 0.717) is 5.92 Å². The van der Waals surface area contributed by atoms with Crippen molar-refractivity contribution in [3.05, 3.63) is 24.0 Å². The van der Waals surface area contributed by atoms with Crippen LogP contribution >= 0.6 is 0 Å². The predicted molar refractivity (Wildman–Crippen MR) is 64.7 cm³/mol. The van der Waals surface area contributed by atoms with Crippen molar-refractivity contribution >= 4 is 0 Å². The van der Waals surface area contributed by atoms with E-state index in [1.165, 1.54) is 32.1 Å². The molecule has 1 atom stereocenters. The van der Waals surface area contributed by atoms with E-state index in [-0.39, 0.29) is 6.04 Å². The summed E-state index contributed by atoms with van der Waals surface area (Å²) in [5.74, 6) is 1.56. The van der Waals surface area contributed by atoms with Gasteiger partial charge in [-0.15, -0.1) is 0 Å². The Morgan fingerprint density at radius 1 is 1.31 bits per heavy atom. The molecule has 0 spiro atoms. The van der Waals surface area contributed by atoms with E-state index < -0.39 is 0 Å². The molecule has 88 valence electrons. The van der Waals surface area contributed by atoms with Crippen molar-refractivity contribution < 1.29 is 0 Å². The van der Waals surface area contributed by atoms with Gasteiger partial charge >= 0.3 is 0 Å². The molecule has 1 aromatic heterocycles. The fourth-order valence-corrected chi connectivity index (χ4v) is 2.73. The van der Waals surface area contributed by atoms with Crippen LogP contribution in [0.2, 0.25) is 0 Å². The molecule has 1 heterocycles. The Labute approximate surface area is 97.5 Å². The first-order chi connectivity index (χ1) is 7.81. The SMILES string of the molecule is CCC1CCC(C(N)c2ccnnc2)CC1. The average Bonchev–Trinajstić information content (AvgIpc) is 2.39. The highest BCUT2D eigenvalue weighted by atomic mass is 15.1. The van der Waals surface area contributed by atoms with Crippen molar-refractivity contribution in [1.82, 2.24) is 10.2 Å². The van der Waals surface area contributed by atoms with Gasteiger partial charge < -0.3 is 5.73 Å². The Morgan fingerprint density at radius 3 is 2.62 bits per heavy atom. The number of nitrogens with two attached hydrogens (primary N) is 1. The molecule has 1 aromatic rings. The van der Waals surface area contributed by atoms with Crippen LogP contribution in [0.25, 0.3) is 0 Å². The first kappa shape index (κ1) is 11.5. The molecule has 0 amide bonds. The summed E-state index contributed by atoms with van der Waals surface area (Å²) in [6, 6.07) is 2.14. The van der Waals surface area contributed by atoms with Gasteiger partial charge in [0.2, 0.25) is 0 Å². The van der Waals surface area contributed by atoms with E-state index in [1.807, 2.05) is 6.07 Å². The fourth-order valence-electron chi connectivity index (χ4n) is 2.73. The molecule has 0 bridgehead atoms. The van der Waals surface area contributed by atoms with Crippen molar-refractivity contribution in [2.24, 2.45) is 17.6 Å². The molecule has 0 radical (unpaired) electrons. The van der Waals surface area contributed by atoms with E-state index in [1.54, 1.807) is 12.4 Å². The quantitative estimate of drug-likeness (QED) is 0.850. The largest absolute Gasteiger partial charge is 0.324 e. The summed E-state index contributed by atoms with van der Waals surface area (Å²) in [5, 5.41) is 7.69. The Bertz CT molecular complexity index is 304. The topological polar surface area (TPSA) is 51.8 Å². The predicted octanol–water partition coefficient (Wildman–Crippen LogP) is 2.69. The number of hydrogen-bond acceptors (Lipinski definition) is 3. The molecule has 1 unspecified atom stereocenters. The third-order valence-corrected chi connectivity index (χ3v) is 3.97. The first-order valence-electron chi connectivity index (χ1n) is 6.33. The molecule has 3 heteroatoms. The second-order valence-electron chi connectivity index (χ2n) is 4.89. The van der Waals surface area contributed by atoms with E-state index in [4.69, 9.17) is 5.73 Å². The maximum atomic E-state index is 6.29. The lowest BCUT2D eigenvalue weighted by molar-refractivity contribution is 0.239. The van der Waals surface area contributed by atoms with Gasteiger partial charge in [-0.2, -0.15) is 10.2 Å². The highest BCUT2D eigenvalue weighted by Gasteiger charge is 2.25. The Balaban J connectivity index is 1.94. The summed E-state index contributed by atoms with van der Waals surface area (Å²) < 4.78 is 0. The van der Waals surface area contributed by atoms with Gasteiger partial charge in [-0.1, -0.05) is 26.2 Å². The number of rotatable bonds is 3. The zero-order valence-corrected chi connectivity index (χ0v) is 9.97. The summed E-state index contributed by atoms with van der Waals surface area (Å²) in [4.78, 5) is 0. The van der Waals surface area contributed by atoms with Crippen LogP contribution < -0.4 is 5.73 Å². The molecule has 3 nitrogen and oxygen atoms in total. The zero-order valence-electron chi connectivity index (χ0n) is 9.97. The molecule has 2 rings (SSSR count). The lowest BCUT2D eigenvalue weighted by Crippen LogP contribution is -2.26. The molecule has 2 N–H and O–H groups in total. The van der Waals surface area contributed by atoms with Gasteiger partial charge in [-0.25, -0.2) is 0 Å². The molecular formula is C13H21N3. The van der Waals surface area contributed by atoms with Gasteiger partial charge in [0.15, 0.2) is 0 Å². The standard InChI is InChI=1S/C13H21N3/c1-2-10-3-5-11(6-4-10)13(14)12-7-8-15-16-9-12/h7-11,13H,2-6,14H2,1H3. The summed E-state index contributed by atoms with van der Waals surface area (Å²) in [5.41, 5.74) is 7.42. The molecule has 0 aliphatic heterocycles. The van der Waals surface area contributed by atoms with Gasteiger partial charge in [0.1, 0.15) is 0 Å². The molecular weight excluding hydrogens is 198 g/mol. The van der Waals surface area contributed by atoms with Gasteiger partial charge in [0.25, 0.3) is 0 Å². The Hall–Kier alpha value is -0.960. The summed E-state index contributed by atoms with van der Waals surface area (Å²) >= 11 is 0. The third-order valence-electron chi connectivity index (χ3n) is 3.97. The van der Waals surface area contributed by atoms with Crippen molar-refractivity contribution in [3.63, 3.8) is 0 Å². The molecule has 0 aromatic carbocycles. The van der Waals surface area contributed by atoms with Gasteiger partial charge in [0, 0.05) is 12.2 Å². The van der Waals surface area contributed by atoms with Crippen molar-refractivity contribution in [2.45, 2.75) is 45.1 Å². The van der Waals surface area contributed by atoms with Crippen LogP contribution in [0.15, 0.2) is 18.5 Å². The smallest absolute Gasteiger partial charge is 0.0544 e. The van der Waals surface area contributed by atoms with Crippen molar-refractivity contribution in [2.75, 3.05) is 0 Å². The molecule has 1 aliphatic carbocycles. The Morgan fingerprint density at radius 2 is 2.06 bits per heavy atom. The minimum absolute atomic E-state index is 0.147. The second kappa shape index (κ2) is 5.39. The maximum absolute atomic E-state index is 6.29. The van der Waals surface area contributed by atoms with E-state index in [2.05, 4.69) is 17.1 Å². The van der Waals surface area contributed by atoms with Crippen molar-refractivity contribution in [3.8, 4) is 0 Å². The minimum Gasteiger partial charge on any atom is -0.324 e. The van der Waals surface area contributed by atoms with Crippen LogP contribution in [0.4, 0.5) is 0 Å². The normalized spacial score (nSPS) is 27.6. The molecule has 16 heavy (non-hydrogen) atoms. The average molecular weight is 219 g/mol. The molecule has 1 saturated carbocycles. The van der Waals surface area contributed by atoms with E-state index in [9.17, 15) is 0 Å². The van der Waals surface area contributed by atoms with Crippen LogP contribution in [0.5, 0.6) is 0 Å². The van der Waals surface area contributed by atoms with Gasteiger partial charge in [0.05, 0.1) is 6.20 Å².